The minimum atomic E-state index is -3.24. The number of rotatable bonds is 0. The average molecular weight is 597 g/mol. The first-order valence-corrected chi connectivity index (χ1v) is 16.7. The second-order valence-electron chi connectivity index (χ2n) is 11.6. The zero-order valence-corrected chi connectivity index (χ0v) is 25.0. The minimum absolute atomic E-state index is 0.750. The molecule has 1 N–H and O–H groups in total. The van der Waals surface area contributed by atoms with Crippen LogP contribution in [0.4, 0.5) is 11.4 Å². The van der Waals surface area contributed by atoms with Crippen molar-refractivity contribution in [3.63, 3.8) is 0 Å². The van der Waals surface area contributed by atoms with Crippen LogP contribution in [0.3, 0.4) is 0 Å². The van der Waals surface area contributed by atoms with Crippen molar-refractivity contribution in [2.24, 2.45) is 4.74 Å². The number of anilines is 1. The number of nitrogens with one attached hydrogen (secondary N) is 1. The lowest BCUT2D eigenvalue weighted by Crippen LogP contribution is -2.09. The molecule has 2 heterocycles. The molecule has 0 saturated carbocycles. The molecule has 2 aliphatic heterocycles. The molecule has 10 rings (SSSR count). The van der Waals surface area contributed by atoms with Crippen LogP contribution in [0.2, 0.25) is 0 Å². The van der Waals surface area contributed by atoms with E-state index in [1.807, 2.05) is 0 Å². The normalized spacial score (nSPS) is 16.4. The van der Waals surface area contributed by atoms with E-state index in [2.05, 4.69) is 151 Å². The summed E-state index contributed by atoms with van der Waals surface area (Å²) in [4.78, 5) is 0. The van der Waals surface area contributed by atoms with Gasteiger partial charge in [-0.25, -0.2) is 0 Å². The van der Waals surface area contributed by atoms with Gasteiger partial charge >= 0.3 is 7.66 Å². The summed E-state index contributed by atoms with van der Waals surface area (Å²) in [5.74, 6) is 1.50. The first-order valence-electron chi connectivity index (χ1n) is 15.1. The Morgan fingerprint density at radius 3 is 1.38 bits per heavy atom. The summed E-state index contributed by atoms with van der Waals surface area (Å²) in [6, 6.07) is 51.0. The molecular weight excluding hydrogens is 571 g/mol. The van der Waals surface area contributed by atoms with E-state index in [-0.39, 0.29) is 0 Å². The lowest BCUT2D eigenvalue weighted by atomic mass is 9.92. The van der Waals surface area contributed by atoms with Gasteiger partial charge in [0, 0.05) is 22.3 Å². The van der Waals surface area contributed by atoms with Gasteiger partial charge in [-0.05, 0) is 67.4 Å². The third-order valence-electron chi connectivity index (χ3n) is 9.06. The molecule has 2 aliphatic rings. The molecule has 0 saturated heterocycles. The van der Waals surface area contributed by atoms with E-state index in [1.54, 1.807) is 0 Å². The number of benzene rings is 8. The number of fused-ring (bicyclic) bond motifs is 14. The highest BCUT2D eigenvalue weighted by Crippen LogP contribution is 2.64. The van der Waals surface area contributed by atoms with Crippen molar-refractivity contribution in [2.45, 2.75) is 0 Å². The SMILES string of the molecule is c1ccc2c3c(ccc2c1)N=[P@@]1(Nc2ccc4ccccc4c2-c2c(ccc4ccccc24)O1)Oc1ccc2ccccc2c1-3. The molecule has 0 aromatic heterocycles. The lowest BCUT2D eigenvalue weighted by Gasteiger charge is -2.25. The van der Waals surface area contributed by atoms with Crippen LogP contribution >= 0.6 is 7.66 Å². The molecule has 0 bridgehead atoms. The summed E-state index contributed by atoms with van der Waals surface area (Å²) in [6.07, 6.45) is 0. The van der Waals surface area contributed by atoms with E-state index >= 15 is 0 Å². The van der Waals surface area contributed by atoms with Gasteiger partial charge < -0.3 is 9.05 Å². The number of hydrogen-bond acceptors (Lipinski definition) is 4. The fourth-order valence-corrected chi connectivity index (χ4v) is 9.14. The Labute approximate surface area is 259 Å². The quantitative estimate of drug-likeness (QED) is 0.177. The third-order valence-corrected chi connectivity index (χ3v) is 11.0. The van der Waals surface area contributed by atoms with Gasteiger partial charge in [-0.15, -0.1) is 0 Å². The molecule has 0 unspecified atom stereocenters. The maximum atomic E-state index is 7.15. The van der Waals surface area contributed by atoms with Crippen molar-refractivity contribution < 1.29 is 9.05 Å². The van der Waals surface area contributed by atoms with Crippen LogP contribution < -0.4 is 14.1 Å². The standard InChI is InChI=1S/C40H25N2O2P/c1-5-13-29-25(9-1)17-21-33-37(29)39-31-15-7-3-11-27(31)19-23-35(39)43-45(41-33)42-34-22-18-26-10-2-6-14-30(26)38(34)40-32-16-8-4-12-28(32)20-24-36(40)44-45/h1-24,41H/t45-/m1/s1. The molecule has 8 aromatic rings. The molecular formula is C40H25N2O2P. The first kappa shape index (κ1) is 24.8. The second-order valence-corrected chi connectivity index (χ2v) is 13.5. The Kier molecular flexibility index (Phi) is 5.09. The fraction of sp³-hybridized carbons (Fsp3) is 0. The van der Waals surface area contributed by atoms with E-state index in [9.17, 15) is 0 Å². The predicted octanol–water partition coefficient (Wildman–Crippen LogP) is 12.1. The zero-order valence-electron chi connectivity index (χ0n) is 24.1. The topological polar surface area (TPSA) is 42.9 Å². The molecule has 45 heavy (non-hydrogen) atoms. The van der Waals surface area contributed by atoms with Gasteiger partial charge in [0.05, 0.1) is 11.4 Å². The average Bonchev–Trinajstić information content (AvgIpc) is 3.32. The summed E-state index contributed by atoms with van der Waals surface area (Å²) in [5, 5.41) is 12.9. The monoisotopic (exact) mass is 596 g/mol. The highest BCUT2D eigenvalue weighted by Gasteiger charge is 2.37. The van der Waals surface area contributed by atoms with E-state index in [0.29, 0.717) is 0 Å². The van der Waals surface area contributed by atoms with Crippen LogP contribution in [0, 0.1) is 0 Å². The van der Waals surface area contributed by atoms with E-state index in [4.69, 9.17) is 13.8 Å². The lowest BCUT2D eigenvalue weighted by molar-refractivity contribution is 0.486. The molecule has 0 radical (unpaired) electrons. The van der Waals surface area contributed by atoms with Crippen LogP contribution in [0.15, 0.2) is 150 Å². The molecule has 8 aromatic carbocycles. The molecule has 0 fully saturated rings. The van der Waals surface area contributed by atoms with Gasteiger partial charge in [0.2, 0.25) is 0 Å². The molecule has 1 atom stereocenters. The summed E-state index contributed by atoms with van der Waals surface area (Å²) in [6.45, 7) is 0. The summed E-state index contributed by atoms with van der Waals surface area (Å²) < 4.78 is 19.8. The maximum absolute atomic E-state index is 7.15. The van der Waals surface area contributed by atoms with Crippen molar-refractivity contribution in [1.82, 2.24) is 0 Å². The summed E-state index contributed by atoms with van der Waals surface area (Å²) in [7, 11) is -3.24. The summed E-state index contributed by atoms with van der Waals surface area (Å²) in [5.41, 5.74) is 6.02. The smallest absolute Gasteiger partial charge is 0.414 e. The van der Waals surface area contributed by atoms with Crippen molar-refractivity contribution in [3.8, 4) is 33.8 Å². The third kappa shape index (κ3) is 3.64. The van der Waals surface area contributed by atoms with Crippen molar-refractivity contribution in [2.75, 3.05) is 5.09 Å². The second kappa shape index (κ2) is 9.22. The fourth-order valence-electron chi connectivity index (χ4n) is 7.10. The maximum Gasteiger partial charge on any atom is 0.427 e. The molecule has 0 amide bonds. The van der Waals surface area contributed by atoms with Crippen molar-refractivity contribution >= 4 is 62.1 Å². The highest BCUT2D eigenvalue weighted by molar-refractivity contribution is 7.59. The van der Waals surface area contributed by atoms with E-state index in [1.165, 1.54) is 5.39 Å². The molecule has 1 spiro atoms. The Hall–Kier alpha value is -5.57. The first-order chi connectivity index (χ1) is 22.2. The Bertz CT molecular complexity index is 2520. The van der Waals surface area contributed by atoms with Gasteiger partial charge in [-0.3, -0.25) is 5.09 Å². The molecule has 5 heteroatoms. The van der Waals surface area contributed by atoms with Crippen LogP contribution in [-0.4, -0.2) is 0 Å². The number of nitrogens with zero attached hydrogens (tertiary/aromatic N) is 1. The van der Waals surface area contributed by atoms with Crippen molar-refractivity contribution in [3.05, 3.63) is 146 Å². The van der Waals surface area contributed by atoms with Gasteiger partial charge in [-0.2, -0.15) is 4.74 Å². The Morgan fingerprint density at radius 2 is 0.822 bits per heavy atom. The van der Waals surface area contributed by atoms with Gasteiger partial charge in [0.1, 0.15) is 11.5 Å². The van der Waals surface area contributed by atoms with Gasteiger partial charge in [0.25, 0.3) is 0 Å². The van der Waals surface area contributed by atoms with Crippen LogP contribution in [0.1, 0.15) is 0 Å². The largest absolute Gasteiger partial charge is 0.427 e. The molecule has 4 nitrogen and oxygen atoms in total. The van der Waals surface area contributed by atoms with Crippen molar-refractivity contribution in [1.29, 1.82) is 0 Å². The van der Waals surface area contributed by atoms with E-state index in [0.717, 1.165) is 82.8 Å². The van der Waals surface area contributed by atoms with Crippen LogP contribution in [0.5, 0.6) is 11.5 Å². The number of hydrogen-bond donors (Lipinski definition) is 1. The highest BCUT2D eigenvalue weighted by atomic mass is 31.2. The molecule has 212 valence electrons. The van der Waals surface area contributed by atoms with Gasteiger partial charge in [-0.1, -0.05) is 121 Å². The minimum Gasteiger partial charge on any atom is -0.414 e. The molecule has 0 aliphatic carbocycles. The van der Waals surface area contributed by atoms with Crippen LogP contribution in [0.25, 0.3) is 65.3 Å². The zero-order chi connectivity index (χ0) is 29.5. The summed E-state index contributed by atoms with van der Waals surface area (Å²) >= 11 is 0. The van der Waals surface area contributed by atoms with E-state index < -0.39 is 7.66 Å². The predicted molar refractivity (Wildman–Crippen MR) is 188 cm³/mol. The van der Waals surface area contributed by atoms with Crippen LogP contribution in [-0.2, 0) is 0 Å². The Morgan fingerprint density at radius 1 is 0.400 bits per heavy atom. The Balaban J connectivity index is 1.34. The van der Waals surface area contributed by atoms with Gasteiger partial charge in [0.15, 0.2) is 0 Å².